The number of benzene rings is 2. The molecule has 2 aromatic carbocycles. The van der Waals surface area contributed by atoms with Gasteiger partial charge in [0.25, 0.3) is 0 Å². The number of carboxylic acid groups (broad SMARTS) is 1. The van der Waals surface area contributed by atoms with E-state index in [1.165, 1.54) is 4.90 Å². The molecule has 1 amide bonds. The molecule has 2 aromatic rings. The second kappa shape index (κ2) is 8.13. The van der Waals surface area contributed by atoms with Crippen molar-refractivity contribution in [2.75, 3.05) is 13.1 Å². The number of aliphatic carboxylic acids is 1. The first kappa shape index (κ1) is 16.7. The van der Waals surface area contributed by atoms with Gasteiger partial charge in [0.15, 0.2) is 0 Å². The molecule has 0 radical (unpaired) electrons. The number of aryl methyl sites for hydroxylation is 1. The van der Waals surface area contributed by atoms with E-state index in [2.05, 4.69) is 0 Å². The summed E-state index contributed by atoms with van der Waals surface area (Å²) >= 11 is 0. The maximum atomic E-state index is 12.4. The summed E-state index contributed by atoms with van der Waals surface area (Å²) in [6.07, 6.45) is 0.871. The second-order valence-electron chi connectivity index (χ2n) is 5.61. The molecule has 4 heteroatoms. The Morgan fingerprint density at radius 2 is 1.61 bits per heavy atom. The molecule has 120 valence electrons. The highest BCUT2D eigenvalue weighted by molar-refractivity contribution is 5.83. The second-order valence-corrected chi connectivity index (χ2v) is 5.61. The van der Waals surface area contributed by atoms with Crippen LogP contribution < -0.4 is 0 Å². The summed E-state index contributed by atoms with van der Waals surface area (Å²) < 4.78 is 0. The third-order valence-corrected chi connectivity index (χ3v) is 3.67. The van der Waals surface area contributed by atoms with Crippen LogP contribution in [0.4, 0.5) is 0 Å². The molecule has 0 saturated heterocycles. The van der Waals surface area contributed by atoms with Crippen LogP contribution in [0.15, 0.2) is 54.6 Å². The fourth-order valence-corrected chi connectivity index (χ4v) is 2.36. The largest absolute Gasteiger partial charge is 0.480 e. The summed E-state index contributed by atoms with van der Waals surface area (Å²) in [6, 6.07) is 17.5. The zero-order chi connectivity index (χ0) is 16.7. The minimum atomic E-state index is -0.990. The molecular formula is C19H21NO3. The van der Waals surface area contributed by atoms with Crippen molar-refractivity contribution in [3.8, 4) is 0 Å². The molecule has 1 N–H and O–H groups in total. The van der Waals surface area contributed by atoms with Gasteiger partial charge in [-0.2, -0.15) is 0 Å². The Morgan fingerprint density at radius 1 is 0.957 bits per heavy atom. The molecule has 0 heterocycles. The summed E-state index contributed by atoms with van der Waals surface area (Å²) in [7, 11) is 0. The number of carbonyl (C=O) groups is 2. The Morgan fingerprint density at radius 3 is 2.22 bits per heavy atom. The minimum Gasteiger partial charge on any atom is -0.480 e. The Hall–Kier alpha value is -2.62. The lowest BCUT2D eigenvalue weighted by Crippen LogP contribution is -2.38. The van der Waals surface area contributed by atoms with Crippen molar-refractivity contribution >= 4 is 11.9 Å². The number of carboxylic acids is 1. The highest BCUT2D eigenvalue weighted by atomic mass is 16.4. The van der Waals surface area contributed by atoms with Crippen molar-refractivity contribution in [3.63, 3.8) is 0 Å². The Balaban J connectivity index is 2.00. The van der Waals surface area contributed by atoms with Gasteiger partial charge in [-0.25, -0.2) is 0 Å². The molecular weight excluding hydrogens is 290 g/mol. The molecule has 0 aliphatic heterocycles. The quantitative estimate of drug-likeness (QED) is 0.855. The molecule has 0 fully saturated rings. The fourth-order valence-electron chi connectivity index (χ4n) is 2.36. The van der Waals surface area contributed by atoms with E-state index >= 15 is 0 Å². The average molecular weight is 311 g/mol. The van der Waals surface area contributed by atoms with Crippen LogP contribution in [0.5, 0.6) is 0 Å². The van der Waals surface area contributed by atoms with Crippen molar-refractivity contribution < 1.29 is 14.7 Å². The van der Waals surface area contributed by atoms with Crippen LogP contribution in [-0.4, -0.2) is 35.0 Å². The highest BCUT2D eigenvalue weighted by Crippen LogP contribution is 2.07. The van der Waals surface area contributed by atoms with Crippen molar-refractivity contribution in [2.45, 2.75) is 19.8 Å². The van der Waals surface area contributed by atoms with Crippen molar-refractivity contribution in [2.24, 2.45) is 0 Å². The molecule has 2 rings (SSSR count). The van der Waals surface area contributed by atoms with Crippen molar-refractivity contribution in [3.05, 3.63) is 71.3 Å². The topological polar surface area (TPSA) is 57.6 Å². The van der Waals surface area contributed by atoms with Crippen molar-refractivity contribution in [1.29, 1.82) is 0 Å². The van der Waals surface area contributed by atoms with Crippen LogP contribution in [0.3, 0.4) is 0 Å². The zero-order valence-electron chi connectivity index (χ0n) is 13.2. The highest BCUT2D eigenvalue weighted by Gasteiger charge is 2.17. The standard InChI is InChI=1S/C19H21NO3/c1-15-7-9-17(10-8-15)13-18(21)20(14-19(22)23)12-11-16-5-3-2-4-6-16/h2-10H,11-14H2,1H3,(H,22,23). The maximum Gasteiger partial charge on any atom is 0.323 e. The number of amides is 1. The number of hydrogen-bond acceptors (Lipinski definition) is 2. The number of nitrogens with zero attached hydrogens (tertiary/aromatic N) is 1. The van der Waals surface area contributed by atoms with E-state index < -0.39 is 5.97 Å². The van der Waals surface area contributed by atoms with E-state index in [0.29, 0.717) is 13.0 Å². The minimum absolute atomic E-state index is 0.160. The summed E-state index contributed by atoms with van der Waals surface area (Å²) in [5, 5.41) is 9.04. The van der Waals surface area contributed by atoms with Gasteiger partial charge in [0.1, 0.15) is 6.54 Å². The molecule has 0 bridgehead atoms. The molecule has 0 unspecified atom stereocenters. The molecule has 4 nitrogen and oxygen atoms in total. The maximum absolute atomic E-state index is 12.4. The lowest BCUT2D eigenvalue weighted by atomic mass is 10.1. The summed E-state index contributed by atoms with van der Waals surface area (Å²) in [5.41, 5.74) is 3.12. The number of carbonyl (C=O) groups excluding carboxylic acids is 1. The first-order valence-corrected chi connectivity index (χ1v) is 7.63. The molecule has 0 atom stereocenters. The van der Waals surface area contributed by atoms with E-state index in [1.807, 2.05) is 61.5 Å². The van der Waals surface area contributed by atoms with Gasteiger partial charge in [-0.15, -0.1) is 0 Å². The summed E-state index contributed by atoms with van der Waals surface area (Å²) in [6.45, 7) is 2.13. The van der Waals surface area contributed by atoms with Crippen LogP contribution >= 0.6 is 0 Å². The molecule has 0 saturated carbocycles. The monoisotopic (exact) mass is 311 g/mol. The normalized spacial score (nSPS) is 10.3. The third kappa shape index (κ3) is 5.58. The van der Waals surface area contributed by atoms with Crippen LogP contribution in [0.1, 0.15) is 16.7 Å². The average Bonchev–Trinajstić information content (AvgIpc) is 2.54. The van der Waals surface area contributed by atoms with Gasteiger partial charge in [-0.1, -0.05) is 60.2 Å². The van der Waals surface area contributed by atoms with Gasteiger partial charge in [0, 0.05) is 6.54 Å². The van der Waals surface area contributed by atoms with E-state index in [0.717, 1.165) is 16.7 Å². The molecule has 0 aliphatic rings. The molecule has 0 aliphatic carbocycles. The van der Waals surface area contributed by atoms with Crippen LogP contribution in [0.2, 0.25) is 0 Å². The van der Waals surface area contributed by atoms with Gasteiger partial charge in [-0.05, 0) is 24.5 Å². The van der Waals surface area contributed by atoms with E-state index in [4.69, 9.17) is 5.11 Å². The van der Waals surface area contributed by atoms with E-state index in [-0.39, 0.29) is 18.9 Å². The third-order valence-electron chi connectivity index (χ3n) is 3.67. The van der Waals surface area contributed by atoms with E-state index in [9.17, 15) is 9.59 Å². The number of hydrogen-bond donors (Lipinski definition) is 1. The van der Waals surface area contributed by atoms with Crippen LogP contribution in [-0.2, 0) is 22.4 Å². The predicted octanol–water partition coefficient (Wildman–Crippen LogP) is 2.69. The molecule has 0 spiro atoms. The number of rotatable bonds is 7. The fraction of sp³-hybridized carbons (Fsp3) is 0.263. The first-order chi connectivity index (χ1) is 11.0. The Kier molecular flexibility index (Phi) is 5.92. The summed E-state index contributed by atoms with van der Waals surface area (Å²) in [5.74, 6) is -1.15. The van der Waals surface area contributed by atoms with E-state index in [1.54, 1.807) is 0 Å². The SMILES string of the molecule is Cc1ccc(CC(=O)N(CCc2ccccc2)CC(=O)O)cc1. The Labute approximate surface area is 136 Å². The van der Waals surface area contributed by atoms with Gasteiger partial charge < -0.3 is 10.0 Å². The van der Waals surface area contributed by atoms with Crippen LogP contribution in [0.25, 0.3) is 0 Å². The van der Waals surface area contributed by atoms with Gasteiger partial charge in [0.05, 0.1) is 6.42 Å². The van der Waals surface area contributed by atoms with Gasteiger partial charge in [0.2, 0.25) is 5.91 Å². The predicted molar refractivity (Wildman–Crippen MR) is 89.2 cm³/mol. The van der Waals surface area contributed by atoms with Gasteiger partial charge >= 0.3 is 5.97 Å². The first-order valence-electron chi connectivity index (χ1n) is 7.63. The lowest BCUT2D eigenvalue weighted by Gasteiger charge is -2.21. The zero-order valence-corrected chi connectivity index (χ0v) is 13.2. The summed E-state index contributed by atoms with van der Waals surface area (Å²) in [4.78, 5) is 24.9. The smallest absolute Gasteiger partial charge is 0.323 e. The van der Waals surface area contributed by atoms with Crippen LogP contribution in [0, 0.1) is 6.92 Å². The molecule has 0 aromatic heterocycles. The van der Waals surface area contributed by atoms with Gasteiger partial charge in [-0.3, -0.25) is 9.59 Å². The van der Waals surface area contributed by atoms with Crippen molar-refractivity contribution in [1.82, 2.24) is 4.90 Å². The molecule has 23 heavy (non-hydrogen) atoms. The lowest BCUT2D eigenvalue weighted by molar-refractivity contribution is -0.144. The Bertz CT molecular complexity index is 650.